The molecule has 3 N–H and O–H groups in total. The lowest BCUT2D eigenvalue weighted by Gasteiger charge is -2.19. The third-order valence-corrected chi connectivity index (χ3v) is 5.28. The normalized spacial score (nSPS) is 12.6. The first-order valence-electron chi connectivity index (χ1n) is 11.6. The quantitative estimate of drug-likeness (QED) is 0.251. The zero-order valence-electron chi connectivity index (χ0n) is 22.9. The number of hydrogen-bond donors (Lipinski definition) is 2. The number of ether oxygens (including phenoxy) is 1. The van der Waals surface area contributed by atoms with E-state index < -0.39 is 5.91 Å². The van der Waals surface area contributed by atoms with Gasteiger partial charge in [0.1, 0.15) is 5.69 Å². The van der Waals surface area contributed by atoms with Crippen LogP contribution in [0.4, 0.5) is 0 Å². The lowest BCUT2D eigenvalue weighted by Crippen LogP contribution is -2.18. The first-order chi connectivity index (χ1) is 17.7. The minimum atomic E-state index is -0.592. The van der Waals surface area contributed by atoms with E-state index in [0.29, 0.717) is 22.7 Å². The first-order valence-corrected chi connectivity index (χ1v) is 11.6. The van der Waals surface area contributed by atoms with E-state index in [4.69, 9.17) is 15.5 Å². The maximum absolute atomic E-state index is 12.6. The van der Waals surface area contributed by atoms with E-state index in [9.17, 15) is 4.79 Å². The number of carbonyl (C=O) groups excluding carboxylic acids is 1. The van der Waals surface area contributed by atoms with Crippen molar-refractivity contribution in [3.8, 4) is 18.6 Å². The van der Waals surface area contributed by atoms with E-state index in [1.807, 2.05) is 83.5 Å². The lowest BCUT2D eigenvalue weighted by atomic mass is 9.93. The van der Waals surface area contributed by atoms with E-state index in [2.05, 4.69) is 37.9 Å². The summed E-state index contributed by atoms with van der Waals surface area (Å²) < 4.78 is 5.67. The molecule has 1 aromatic rings. The Morgan fingerprint density at radius 2 is 1.70 bits per heavy atom. The molecule has 194 valence electrons. The minimum Gasteiger partial charge on any atom is -0.494 e. The topological polar surface area (TPSA) is 77.2 Å². The number of nitrogens with zero attached hydrogens (tertiary/aromatic N) is 1. The Balaban J connectivity index is 0.00000631. The number of aromatic nitrogens is 1. The van der Waals surface area contributed by atoms with Gasteiger partial charge in [-0.15, -0.1) is 12.8 Å². The van der Waals surface area contributed by atoms with Crippen LogP contribution in [-0.2, 0) is 0 Å². The highest BCUT2D eigenvalue weighted by Gasteiger charge is 2.25. The van der Waals surface area contributed by atoms with Crippen LogP contribution in [0.1, 0.15) is 48.1 Å². The molecule has 0 atom stereocenters. The van der Waals surface area contributed by atoms with Gasteiger partial charge < -0.3 is 15.8 Å². The standard InChI is InChI=1S/C30H37N3O2.C2H2/c1-10-15-24(16-11-2)20(6)17-18-22(12-3)28-29(35-9)26(30(31)34)21(7)27(33-28)25(14-5)23(13-4)19-32-8;1-2/h10-19,32H,1,4,6H2,2-3,5,7-9H3,(H2,31,34);1-2H/b16-11-,18-17-,22-12+,23-19+,24-15+,25-14-;. The highest BCUT2D eigenvalue weighted by atomic mass is 16.5. The van der Waals surface area contributed by atoms with Gasteiger partial charge in [-0.3, -0.25) is 4.79 Å². The minimum absolute atomic E-state index is 0.285. The fraction of sp³-hybridized carbons (Fsp3) is 0.188. The number of rotatable bonds is 12. The number of terminal acetylenes is 1. The Kier molecular flexibility index (Phi) is 14.9. The zero-order valence-corrected chi connectivity index (χ0v) is 22.9. The van der Waals surface area contributed by atoms with Gasteiger partial charge in [0.25, 0.3) is 5.91 Å². The van der Waals surface area contributed by atoms with Crippen LogP contribution in [0.2, 0.25) is 0 Å². The largest absolute Gasteiger partial charge is 0.494 e. The molecule has 0 saturated carbocycles. The summed E-state index contributed by atoms with van der Waals surface area (Å²) in [6.07, 6.45) is 26.7. The number of nitrogens with one attached hydrogen (secondary N) is 1. The van der Waals surface area contributed by atoms with Crippen LogP contribution in [-0.4, -0.2) is 25.0 Å². The second-order valence-electron chi connectivity index (χ2n) is 7.46. The Morgan fingerprint density at radius 1 is 1.05 bits per heavy atom. The van der Waals surface area contributed by atoms with Crippen molar-refractivity contribution in [3.05, 3.63) is 120 Å². The van der Waals surface area contributed by atoms with Gasteiger partial charge >= 0.3 is 0 Å². The number of carbonyl (C=O) groups is 1. The summed E-state index contributed by atoms with van der Waals surface area (Å²) in [5.74, 6) is -0.267. The summed E-state index contributed by atoms with van der Waals surface area (Å²) >= 11 is 0. The second kappa shape index (κ2) is 17.0. The van der Waals surface area contributed by atoms with E-state index in [1.54, 1.807) is 12.2 Å². The van der Waals surface area contributed by atoms with Crippen molar-refractivity contribution >= 4 is 17.1 Å². The van der Waals surface area contributed by atoms with Crippen molar-refractivity contribution in [2.45, 2.75) is 27.7 Å². The average Bonchev–Trinajstić information content (AvgIpc) is 2.90. The summed E-state index contributed by atoms with van der Waals surface area (Å²) in [5.41, 5.74) is 12.0. The number of amides is 1. The van der Waals surface area contributed by atoms with Crippen molar-refractivity contribution in [1.82, 2.24) is 10.3 Å². The van der Waals surface area contributed by atoms with Crippen LogP contribution in [0.25, 0.3) is 11.1 Å². The molecule has 5 heteroatoms. The molecular formula is C32H39N3O2. The molecule has 1 aromatic heterocycles. The van der Waals surface area contributed by atoms with E-state index in [1.165, 1.54) is 7.11 Å². The summed E-state index contributed by atoms with van der Waals surface area (Å²) in [7, 11) is 3.31. The van der Waals surface area contributed by atoms with Gasteiger partial charge in [0.05, 0.1) is 18.4 Å². The molecule has 5 nitrogen and oxygen atoms in total. The molecule has 0 aliphatic carbocycles. The Bertz CT molecular complexity index is 1220. The predicted molar refractivity (Wildman–Crippen MR) is 160 cm³/mol. The third-order valence-electron chi connectivity index (χ3n) is 5.28. The summed E-state index contributed by atoms with van der Waals surface area (Å²) in [6, 6.07) is 0. The number of primary amides is 1. The fourth-order valence-electron chi connectivity index (χ4n) is 3.62. The monoisotopic (exact) mass is 497 g/mol. The molecule has 0 fully saturated rings. The third kappa shape index (κ3) is 8.26. The highest BCUT2D eigenvalue weighted by Crippen LogP contribution is 2.36. The van der Waals surface area contributed by atoms with Gasteiger partial charge in [-0.25, -0.2) is 4.98 Å². The van der Waals surface area contributed by atoms with Crippen LogP contribution < -0.4 is 15.8 Å². The molecular weight excluding hydrogens is 458 g/mol. The molecule has 1 heterocycles. The zero-order chi connectivity index (χ0) is 28.5. The van der Waals surface area contributed by atoms with Crippen molar-refractivity contribution in [2.75, 3.05) is 14.2 Å². The van der Waals surface area contributed by atoms with Crippen molar-refractivity contribution in [2.24, 2.45) is 5.73 Å². The second-order valence-corrected chi connectivity index (χ2v) is 7.46. The Morgan fingerprint density at radius 3 is 2.14 bits per heavy atom. The van der Waals surface area contributed by atoms with Gasteiger partial charge in [0, 0.05) is 18.8 Å². The van der Waals surface area contributed by atoms with E-state index >= 15 is 0 Å². The van der Waals surface area contributed by atoms with Gasteiger partial charge in [-0.05, 0) is 55.6 Å². The SMILES string of the molecule is C#C.C=C/C=C(\C=C/C)C(=C)/C=C\C(=C/C)c1nc(C(=C\C)/C(C=C)=C/NC)c(C)c(C(N)=O)c1OC. The van der Waals surface area contributed by atoms with Crippen LogP contribution in [0.5, 0.6) is 5.75 Å². The molecule has 37 heavy (non-hydrogen) atoms. The lowest BCUT2D eigenvalue weighted by molar-refractivity contribution is 0.0996. The average molecular weight is 498 g/mol. The van der Waals surface area contributed by atoms with Crippen molar-refractivity contribution in [3.63, 3.8) is 0 Å². The van der Waals surface area contributed by atoms with Crippen LogP contribution >= 0.6 is 0 Å². The van der Waals surface area contributed by atoms with Crippen LogP contribution in [0.3, 0.4) is 0 Å². The van der Waals surface area contributed by atoms with Gasteiger partial charge in [0.2, 0.25) is 0 Å². The molecule has 0 unspecified atom stereocenters. The molecule has 0 aliphatic rings. The number of nitrogens with two attached hydrogens (primary N) is 1. The molecule has 1 amide bonds. The first kappa shape index (κ1) is 32.4. The van der Waals surface area contributed by atoms with Crippen LogP contribution in [0.15, 0.2) is 97.3 Å². The molecule has 1 rings (SSSR count). The number of pyridine rings is 1. The number of methoxy groups -OCH3 is 1. The van der Waals surface area contributed by atoms with Gasteiger partial charge in [0.15, 0.2) is 5.75 Å². The Labute approximate surface area is 222 Å². The molecule has 0 saturated heterocycles. The number of hydrogen-bond acceptors (Lipinski definition) is 4. The van der Waals surface area contributed by atoms with E-state index in [-0.39, 0.29) is 5.56 Å². The summed E-state index contributed by atoms with van der Waals surface area (Å²) in [6.45, 7) is 19.4. The van der Waals surface area contributed by atoms with Crippen LogP contribution in [0, 0.1) is 19.8 Å². The molecule has 0 aliphatic heterocycles. The summed E-state index contributed by atoms with van der Waals surface area (Å²) in [5, 5.41) is 3.03. The highest BCUT2D eigenvalue weighted by molar-refractivity contribution is 6.01. The fourth-order valence-corrected chi connectivity index (χ4v) is 3.62. The van der Waals surface area contributed by atoms with Gasteiger partial charge in [-0.1, -0.05) is 74.4 Å². The Hall–Kier alpha value is -4.56. The maximum Gasteiger partial charge on any atom is 0.252 e. The maximum atomic E-state index is 12.6. The smallest absolute Gasteiger partial charge is 0.252 e. The molecule has 0 bridgehead atoms. The van der Waals surface area contributed by atoms with Crippen molar-refractivity contribution in [1.29, 1.82) is 0 Å². The van der Waals surface area contributed by atoms with Crippen molar-refractivity contribution < 1.29 is 9.53 Å². The predicted octanol–water partition coefficient (Wildman–Crippen LogP) is 6.64. The van der Waals surface area contributed by atoms with Gasteiger partial charge in [-0.2, -0.15) is 0 Å². The summed E-state index contributed by atoms with van der Waals surface area (Å²) in [4.78, 5) is 17.5. The molecule has 0 radical (unpaired) electrons. The molecule has 0 aromatic carbocycles. The number of allylic oxidation sites excluding steroid dienone is 14. The molecule has 0 spiro atoms. The van der Waals surface area contributed by atoms with E-state index in [0.717, 1.165) is 27.9 Å².